The Labute approximate surface area is 212 Å². The Morgan fingerprint density at radius 1 is 0.750 bits per heavy atom. The molecule has 0 saturated heterocycles. The van der Waals surface area contributed by atoms with Crippen molar-refractivity contribution in [1.82, 2.24) is 0 Å². The second kappa shape index (κ2) is 9.12. The van der Waals surface area contributed by atoms with Gasteiger partial charge in [-0.1, -0.05) is 18.2 Å². The number of nitrogens with one attached hydrogen (secondary N) is 2. The number of benzene rings is 3. The van der Waals surface area contributed by atoms with Crippen molar-refractivity contribution < 1.29 is 14.3 Å². The van der Waals surface area contributed by atoms with Crippen molar-refractivity contribution in [3.05, 3.63) is 89.5 Å². The Hall–Kier alpha value is -3.60. The van der Waals surface area contributed by atoms with E-state index in [4.69, 9.17) is 4.74 Å². The van der Waals surface area contributed by atoms with E-state index in [-0.39, 0.29) is 11.9 Å². The molecule has 4 saturated carbocycles. The van der Waals surface area contributed by atoms with E-state index in [1.807, 2.05) is 18.2 Å². The molecule has 1 amide bonds. The molecule has 0 heterocycles. The predicted molar refractivity (Wildman–Crippen MR) is 142 cm³/mol. The van der Waals surface area contributed by atoms with Crippen LogP contribution in [0.15, 0.2) is 72.8 Å². The number of anilines is 3. The topological polar surface area (TPSA) is 67.4 Å². The number of rotatable bonds is 6. The maximum atomic E-state index is 12.9. The summed E-state index contributed by atoms with van der Waals surface area (Å²) in [6.45, 7) is 0. The fraction of sp³-hybridized carbons (Fsp3) is 0.355. The number of hydrogen-bond acceptors (Lipinski definition) is 4. The molecule has 4 aliphatic carbocycles. The molecule has 7 rings (SSSR count). The summed E-state index contributed by atoms with van der Waals surface area (Å²) in [6, 6.07) is 23.1. The molecule has 4 aliphatic rings. The smallest absolute Gasteiger partial charge is 0.337 e. The van der Waals surface area contributed by atoms with Crippen LogP contribution in [-0.4, -0.2) is 19.0 Å². The molecule has 0 spiro atoms. The zero-order chi connectivity index (χ0) is 24.7. The van der Waals surface area contributed by atoms with E-state index in [1.54, 1.807) is 30.3 Å². The minimum atomic E-state index is -0.378. The van der Waals surface area contributed by atoms with Crippen LogP contribution in [0, 0.1) is 17.8 Å². The highest BCUT2D eigenvalue weighted by Crippen LogP contribution is 2.60. The van der Waals surface area contributed by atoms with Gasteiger partial charge in [0.1, 0.15) is 0 Å². The van der Waals surface area contributed by atoms with Crippen molar-refractivity contribution in [2.75, 3.05) is 17.7 Å². The standard InChI is InChI=1S/C31H32N2O3/c1-36-30(35)24-3-2-4-28(16-24)32-26-9-5-23(6-10-26)29(34)33-27-11-7-25(8-12-27)31-17-20-13-21(18-31)15-22(14-20)19-31/h2-12,16,20-22,32H,13-15,17-19H2,1H3,(H,33,34). The van der Waals surface area contributed by atoms with Crippen molar-refractivity contribution in [3.63, 3.8) is 0 Å². The van der Waals surface area contributed by atoms with Crippen LogP contribution >= 0.6 is 0 Å². The summed E-state index contributed by atoms with van der Waals surface area (Å²) in [7, 11) is 1.36. The van der Waals surface area contributed by atoms with Gasteiger partial charge in [-0.3, -0.25) is 4.79 Å². The first kappa shape index (κ1) is 22.8. The van der Waals surface area contributed by atoms with Crippen LogP contribution in [-0.2, 0) is 10.2 Å². The quantitative estimate of drug-likeness (QED) is 0.375. The van der Waals surface area contributed by atoms with Crippen LogP contribution < -0.4 is 10.6 Å². The van der Waals surface area contributed by atoms with Crippen LogP contribution in [0.1, 0.15) is 64.8 Å². The molecule has 0 aliphatic heterocycles. The van der Waals surface area contributed by atoms with Gasteiger partial charge in [-0.05, 0) is 122 Å². The third-order valence-corrected chi connectivity index (χ3v) is 8.51. The lowest BCUT2D eigenvalue weighted by Crippen LogP contribution is -2.48. The molecule has 4 bridgehead atoms. The predicted octanol–water partition coefficient (Wildman–Crippen LogP) is 6.94. The summed E-state index contributed by atoms with van der Waals surface area (Å²) < 4.78 is 4.78. The molecule has 5 heteroatoms. The van der Waals surface area contributed by atoms with Gasteiger partial charge in [-0.2, -0.15) is 0 Å². The Morgan fingerprint density at radius 3 is 1.97 bits per heavy atom. The number of methoxy groups -OCH3 is 1. The number of esters is 1. The van der Waals surface area contributed by atoms with E-state index in [0.29, 0.717) is 16.5 Å². The Morgan fingerprint density at radius 2 is 1.36 bits per heavy atom. The van der Waals surface area contributed by atoms with Gasteiger partial charge < -0.3 is 15.4 Å². The third kappa shape index (κ3) is 4.39. The van der Waals surface area contributed by atoms with Gasteiger partial charge in [-0.15, -0.1) is 0 Å². The SMILES string of the molecule is COC(=O)c1cccc(Nc2ccc(C(=O)Nc3ccc(C45CC6CC(CC(C6)C4)C5)cc3)cc2)c1. The van der Waals surface area contributed by atoms with E-state index in [1.165, 1.54) is 51.2 Å². The highest BCUT2D eigenvalue weighted by Gasteiger charge is 2.51. The zero-order valence-corrected chi connectivity index (χ0v) is 20.6. The first-order valence-corrected chi connectivity index (χ1v) is 13.0. The average molecular weight is 481 g/mol. The van der Waals surface area contributed by atoms with E-state index >= 15 is 0 Å². The maximum Gasteiger partial charge on any atom is 0.337 e. The molecule has 184 valence electrons. The monoisotopic (exact) mass is 480 g/mol. The van der Waals surface area contributed by atoms with Crippen LogP contribution in [0.25, 0.3) is 0 Å². The molecule has 5 nitrogen and oxygen atoms in total. The van der Waals surface area contributed by atoms with Gasteiger partial charge in [0, 0.05) is 22.6 Å². The summed E-state index contributed by atoms with van der Waals surface area (Å²) in [4.78, 5) is 24.6. The first-order valence-electron chi connectivity index (χ1n) is 13.0. The summed E-state index contributed by atoms with van der Waals surface area (Å²) in [5.41, 5.74) is 5.34. The van der Waals surface area contributed by atoms with Gasteiger partial charge in [0.05, 0.1) is 12.7 Å². The van der Waals surface area contributed by atoms with Gasteiger partial charge in [0.15, 0.2) is 0 Å². The second-order valence-electron chi connectivity index (χ2n) is 11.0. The van der Waals surface area contributed by atoms with Crippen LogP contribution in [0.3, 0.4) is 0 Å². The lowest BCUT2D eigenvalue weighted by atomic mass is 9.48. The van der Waals surface area contributed by atoms with Crippen molar-refractivity contribution in [1.29, 1.82) is 0 Å². The first-order chi connectivity index (χ1) is 17.5. The largest absolute Gasteiger partial charge is 0.465 e. The molecule has 0 unspecified atom stereocenters. The minimum absolute atomic E-state index is 0.128. The Balaban J connectivity index is 1.09. The lowest BCUT2D eigenvalue weighted by Gasteiger charge is -2.57. The Kier molecular flexibility index (Phi) is 5.79. The molecular formula is C31H32N2O3. The highest BCUT2D eigenvalue weighted by atomic mass is 16.5. The van der Waals surface area contributed by atoms with Gasteiger partial charge in [0.2, 0.25) is 0 Å². The normalized spacial score (nSPS) is 25.9. The molecule has 2 N–H and O–H groups in total. The minimum Gasteiger partial charge on any atom is -0.465 e. The average Bonchev–Trinajstić information content (AvgIpc) is 2.88. The van der Waals surface area contributed by atoms with E-state index in [9.17, 15) is 9.59 Å². The maximum absolute atomic E-state index is 12.9. The molecule has 3 aromatic carbocycles. The number of carbonyl (C=O) groups is 2. The van der Waals surface area contributed by atoms with Crippen molar-refractivity contribution in [2.24, 2.45) is 17.8 Å². The van der Waals surface area contributed by atoms with Gasteiger partial charge >= 0.3 is 5.97 Å². The number of hydrogen-bond donors (Lipinski definition) is 2. The third-order valence-electron chi connectivity index (χ3n) is 8.51. The summed E-state index contributed by atoms with van der Waals surface area (Å²) in [5.74, 6) is 2.26. The van der Waals surface area contributed by atoms with Gasteiger partial charge in [-0.25, -0.2) is 4.79 Å². The number of amides is 1. The number of ether oxygens (including phenoxy) is 1. The van der Waals surface area contributed by atoms with E-state index in [2.05, 4.69) is 34.9 Å². The van der Waals surface area contributed by atoms with Crippen molar-refractivity contribution >= 4 is 28.9 Å². The molecule has 3 aromatic rings. The van der Waals surface area contributed by atoms with Crippen LogP contribution in [0.2, 0.25) is 0 Å². The van der Waals surface area contributed by atoms with Crippen LogP contribution in [0.4, 0.5) is 17.1 Å². The molecular weight excluding hydrogens is 448 g/mol. The molecule has 0 radical (unpaired) electrons. The van der Waals surface area contributed by atoms with E-state index in [0.717, 1.165) is 34.8 Å². The fourth-order valence-corrected chi connectivity index (χ4v) is 7.29. The Bertz CT molecular complexity index is 1240. The molecule has 4 fully saturated rings. The summed E-state index contributed by atoms with van der Waals surface area (Å²) >= 11 is 0. The van der Waals surface area contributed by atoms with Crippen molar-refractivity contribution in [2.45, 2.75) is 43.9 Å². The zero-order valence-electron chi connectivity index (χ0n) is 20.6. The highest BCUT2D eigenvalue weighted by molar-refractivity contribution is 6.04. The molecule has 0 aromatic heterocycles. The fourth-order valence-electron chi connectivity index (χ4n) is 7.29. The van der Waals surface area contributed by atoms with Crippen molar-refractivity contribution in [3.8, 4) is 0 Å². The van der Waals surface area contributed by atoms with Crippen LogP contribution in [0.5, 0.6) is 0 Å². The second-order valence-corrected chi connectivity index (χ2v) is 11.0. The van der Waals surface area contributed by atoms with Gasteiger partial charge in [0.25, 0.3) is 5.91 Å². The number of carbonyl (C=O) groups excluding carboxylic acids is 2. The molecule has 0 atom stereocenters. The molecule has 36 heavy (non-hydrogen) atoms. The lowest BCUT2D eigenvalue weighted by molar-refractivity contribution is -0.00518. The summed E-state index contributed by atoms with van der Waals surface area (Å²) in [6.07, 6.45) is 8.37. The van der Waals surface area contributed by atoms with E-state index < -0.39 is 0 Å². The summed E-state index contributed by atoms with van der Waals surface area (Å²) in [5, 5.41) is 6.30.